The molecule has 0 spiro atoms. The second-order valence-electron chi connectivity index (χ2n) is 10.3. The minimum Gasteiger partial charge on any atom is -0.486 e. The van der Waals surface area contributed by atoms with E-state index >= 15 is 0 Å². The minimum atomic E-state index is -3.63. The molecule has 3 aliphatic rings. The first-order valence-corrected chi connectivity index (χ1v) is 14.6. The van der Waals surface area contributed by atoms with E-state index in [1.165, 1.54) is 16.7 Å². The van der Waals surface area contributed by atoms with Crippen LogP contribution in [0.5, 0.6) is 5.75 Å². The molecule has 2 N–H and O–H groups in total. The zero-order chi connectivity index (χ0) is 26.7. The quantitative estimate of drug-likeness (QED) is 0.536. The van der Waals surface area contributed by atoms with Gasteiger partial charge in [-0.1, -0.05) is 0 Å². The molecule has 12 heteroatoms. The van der Waals surface area contributed by atoms with Crippen LogP contribution in [0.25, 0.3) is 0 Å². The molecule has 2 aromatic heterocycles. The number of sulfonamides is 1. The third kappa shape index (κ3) is 6.02. The molecule has 2 aromatic rings. The Balaban J connectivity index is 1.18. The smallest absolute Gasteiger partial charge is 0.244 e. The molecule has 5 rings (SSSR count). The Kier molecular flexibility index (Phi) is 7.99. The second-order valence-corrected chi connectivity index (χ2v) is 12.3. The Bertz CT molecular complexity index is 1240. The molecule has 0 aromatic carbocycles. The Labute approximate surface area is 224 Å². The van der Waals surface area contributed by atoms with Crippen LogP contribution in [-0.2, 0) is 14.8 Å². The number of nitriles is 1. The fraction of sp³-hybridized carbons (Fsp3) is 0.577. The molecule has 0 radical (unpaired) electrons. The van der Waals surface area contributed by atoms with Crippen molar-refractivity contribution in [2.45, 2.75) is 62.2 Å². The first-order valence-electron chi connectivity index (χ1n) is 13.2. The van der Waals surface area contributed by atoms with E-state index in [0.717, 1.165) is 25.3 Å². The van der Waals surface area contributed by atoms with Gasteiger partial charge in [-0.2, -0.15) is 9.57 Å². The number of ether oxygens (including phenoxy) is 2. The van der Waals surface area contributed by atoms with Gasteiger partial charge in [0.1, 0.15) is 40.0 Å². The van der Waals surface area contributed by atoms with Crippen molar-refractivity contribution in [1.82, 2.24) is 19.6 Å². The number of pyridine rings is 2. The molecule has 3 aliphatic heterocycles. The molecule has 0 unspecified atom stereocenters. The van der Waals surface area contributed by atoms with Gasteiger partial charge in [-0.15, -0.1) is 0 Å². The highest BCUT2D eigenvalue weighted by molar-refractivity contribution is 7.89. The van der Waals surface area contributed by atoms with Crippen LogP contribution in [0.15, 0.2) is 35.5 Å². The summed E-state index contributed by atoms with van der Waals surface area (Å²) >= 11 is 0. The number of piperazine rings is 1. The van der Waals surface area contributed by atoms with Crippen LogP contribution >= 0.6 is 0 Å². The molecule has 0 bridgehead atoms. The number of hydrogen-bond donors (Lipinski definition) is 2. The summed E-state index contributed by atoms with van der Waals surface area (Å²) in [6.07, 6.45) is 4.97. The lowest BCUT2D eigenvalue weighted by molar-refractivity contribution is 0.141. The van der Waals surface area contributed by atoms with Crippen molar-refractivity contribution in [3.05, 3.63) is 36.2 Å². The van der Waals surface area contributed by atoms with Gasteiger partial charge in [0.15, 0.2) is 0 Å². The fourth-order valence-electron chi connectivity index (χ4n) is 5.31. The highest BCUT2D eigenvalue weighted by Gasteiger charge is 2.30. The zero-order valence-electron chi connectivity index (χ0n) is 21.8. The summed E-state index contributed by atoms with van der Waals surface area (Å²) in [7, 11) is -3.63. The van der Waals surface area contributed by atoms with Crippen LogP contribution in [-0.4, -0.2) is 86.3 Å². The van der Waals surface area contributed by atoms with Crippen LogP contribution in [0, 0.1) is 11.3 Å². The topological polar surface area (TPSA) is 133 Å². The molecule has 3 saturated heterocycles. The minimum absolute atomic E-state index is 0.0572. The fourth-order valence-corrected chi connectivity index (χ4v) is 6.72. The summed E-state index contributed by atoms with van der Waals surface area (Å²) in [5.41, 5.74) is 0.379. The first kappa shape index (κ1) is 26.6. The van der Waals surface area contributed by atoms with Gasteiger partial charge in [0.2, 0.25) is 10.0 Å². The van der Waals surface area contributed by atoms with Gasteiger partial charge < -0.3 is 25.0 Å². The van der Waals surface area contributed by atoms with Gasteiger partial charge in [0.25, 0.3) is 0 Å². The summed E-state index contributed by atoms with van der Waals surface area (Å²) in [5, 5.41) is 16.3. The van der Waals surface area contributed by atoms with Crippen molar-refractivity contribution in [3.8, 4) is 11.8 Å². The van der Waals surface area contributed by atoms with Gasteiger partial charge in [0, 0.05) is 63.0 Å². The predicted molar refractivity (Wildman–Crippen MR) is 143 cm³/mol. The zero-order valence-corrected chi connectivity index (χ0v) is 22.7. The molecule has 11 nitrogen and oxygen atoms in total. The van der Waals surface area contributed by atoms with E-state index in [9.17, 15) is 13.7 Å². The number of nitrogens with one attached hydrogen (secondary N) is 2. The molecule has 38 heavy (non-hydrogen) atoms. The Morgan fingerprint density at radius 2 is 1.89 bits per heavy atom. The van der Waals surface area contributed by atoms with E-state index in [1.807, 2.05) is 0 Å². The van der Waals surface area contributed by atoms with E-state index in [4.69, 9.17) is 9.47 Å². The van der Waals surface area contributed by atoms with Crippen LogP contribution < -0.4 is 20.3 Å². The third-order valence-electron chi connectivity index (χ3n) is 7.21. The molecule has 3 atom stereocenters. The van der Waals surface area contributed by atoms with Crippen molar-refractivity contribution in [2.75, 3.05) is 49.6 Å². The van der Waals surface area contributed by atoms with Crippen molar-refractivity contribution < 1.29 is 17.9 Å². The van der Waals surface area contributed by atoms with E-state index in [2.05, 4.69) is 45.4 Å². The second kappa shape index (κ2) is 11.4. The molecule has 0 saturated carbocycles. The number of nitrogens with zero attached hydrogens (tertiary/aromatic N) is 5. The first-order chi connectivity index (χ1) is 18.3. The lowest BCUT2D eigenvalue weighted by atomic mass is 10.1. The normalized spacial score (nSPS) is 25.2. The monoisotopic (exact) mass is 541 g/mol. The largest absolute Gasteiger partial charge is 0.486 e. The van der Waals surface area contributed by atoms with E-state index in [1.54, 1.807) is 18.2 Å². The van der Waals surface area contributed by atoms with Crippen molar-refractivity contribution in [1.29, 1.82) is 5.26 Å². The number of rotatable bonds is 7. The number of anilines is 2. The lowest BCUT2D eigenvalue weighted by Crippen LogP contribution is -2.54. The Morgan fingerprint density at radius 1 is 1.13 bits per heavy atom. The number of hydrogen-bond acceptors (Lipinski definition) is 10. The van der Waals surface area contributed by atoms with E-state index in [-0.39, 0.29) is 17.0 Å². The molecular formula is C26H35N7O4S. The third-order valence-corrected chi connectivity index (χ3v) is 9.10. The van der Waals surface area contributed by atoms with Crippen molar-refractivity contribution in [3.63, 3.8) is 0 Å². The molecule has 5 heterocycles. The predicted octanol–water partition coefficient (Wildman–Crippen LogP) is 1.97. The van der Waals surface area contributed by atoms with Gasteiger partial charge in [0.05, 0.1) is 19.4 Å². The molecule has 204 valence electrons. The Hall–Kier alpha value is -2.98. The van der Waals surface area contributed by atoms with Crippen LogP contribution in [0.4, 0.5) is 11.6 Å². The maximum Gasteiger partial charge on any atom is 0.244 e. The van der Waals surface area contributed by atoms with Crippen molar-refractivity contribution >= 4 is 21.7 Å². The highest BCUT2D eigenvalue weighted by Crippen LogP contribution is 2.27. The van der Waals surface area contributed by atoms with Gasteiger partial charge in [-0.3, -0.25) is 0 Å². The van der Waals surface area contributed by atoms with Crippen molar-refractivity contribution in [2.24, 2.45) is 0 Å². The van der Waals surface area contributed by atoms with Gasteiger partial charge >= 0.3 is 0 Å². The molecule has 0 aliphatic carbocycles. The molecule has 3 fully saturated rings. The molecular weight excluding hydrogens is 506 g/mol. The SMILES string of the molecule is C[C@H]1CN(c2ccc(S(=O)(=O)N3CCC(Nc4cc(O[C@H]5CCOC5)c(C#N)cn4)CC3)cn2)C[C@H](C)N1. The Morgan fingerprint density at radius 3 is 2.53 bits per heavy atom. The number of piperidine rings is 1. The summed E-state index contributed by atoms with van der Waals surface area (Å²) < 4.78 is 39.4. The van der Waals surface area contributed by atoms with Crippen LogP contribution in [0.1, 0.15) is 38.7 Å². The summed E-state index contributed by atoms with van der Waals surface area (Å²) in [6.45, 7) is 7.89. The lowest BCUT2D eigenvalue weighted by Gasteiger charge is -2.37. The molecule has 0 amide bonds. The van der Waals surface area contributed by atoms with Gasteiger partial charge in [-0.25, -0.2) is 18.4 Å². The van der Waals surface area contributed by atoms with E-state index in [0.29, 0.717) is 68.4 Å². The summed E-state index contributed by atoms with van der Waals surface area (Å²) in [5.74, 6) is 1.89. The average Bonchev–Trinajstić information content (AvgIpc) is 3.42. The van der Waals surface area contributed by atoms with Gasteiger partial charge in [-0.05, 0) is 38.8 Å². The summed E-state index contributed by atoms with van der Waals surface area (Å²) in [4.78, 5) is 11.3. The number of aromatic nitrogens is 2. The average molecular weight is 542 g/mol. The maximum absolute atomic E-state index is 13.3. The highest BCUT2D eigenvalue weighted by atomic mass is 32.2. The summed E-state index contributed by atoms with van der Waals surface area (Å²) in [6, 6.07) is 8.09. The van der Waals surface area contributed by atoms with Crippen LogP contribution in [0.2, 0.25) is 0 Å². The standard InChI is InChI=1S/C26H35N7O4S/c1-18-15-32(16-19(2)30-18)26-4-3-23(14-29-26)38(34,35)33-8-5-21(6-9-33)31-25-11-24(20(12-27)13-28-25)37-22-7-10-36-17-22/h3-4,11,13-14,18-19,21-22,30H,5-10,15-17H2,1-2H3,(H,28,31)/t18-,19-,22-/m0/s1. The van der Waals surface area contributed by atoms with Crippen LogP contribution in [0.3, 0.4) is 0 Å². The maximum atomic E-state index is 13.3. The van der Waals surface area contributed by atoms with E-state index < -0.39 is 10.0 Å².